The van der Waals surface area contributed by atoms with Crippen LogP contribution in [0.1, 0.15) is 23.6 Å². The number of aryl methyl sites for hydroxylation is 1. The summed E-state index contributed by atoms with van der Waals surface area (Å²) in [7, 11) is -3.49. The molecular formula is C18H19NO2S. The van der Waals surface area contributed by atoms with Gasteiger partial charge in [0.25, 0.3) is 0 Å². The highest BCUT2D eigenvalue weighted by Crippen LogP contribution is 2.27. The summed E-state index contributed by atoms with van der Waals surface area (Å²) < 4.78 is 27.7. The third kappa shape index (κ3) is 2.98. The summed E-state index contributed by atoms with van der Waals surface area (Å²) >= 11 is 0. The predicted molar refractivity (Wildman–Crippen MR) is 89.1 cm³/mol. The first-order valence-corrected chi connectivity index (χ1v) is 8.81. The van der Waals surface area contributed by atoms with Crippen LogP contribution in [-0.2, 0) is 16.4 Å². The minimum Gasteiger partial charge on any atom is -0.207 e. The van der Waals surface area contributed by atoms with Crippen molar-refractivity contribution in [1.82, 2.24) is 4.72 Å². The molecule has 1 aliphatic rings. The Morgan fingerprint density at radius 1 is 1.05 bits per heavy atom. The van der Waals surface area contributed by atoms with E-state index in [1.807, 2.05) is 38.1 Å². The average molecular weight is 313 g/mol. The maximum atomic E-state index is 12.4. The van der Waals surface area contributed by atoms with Gasteiger partial charge in [0.2, 0.25) is 10.0 Å². The fourth-order valence-electron chi connectivity index (χ4n) is 2.68. The summed E-state index contributed by atoms with van der Waals surface area (Å²) in [6.07, 6.45) is 2.88. The first kappa shape index (κ1) is 15.0. The molecule has 0 saturated heterocycles. The van der Waals surface area contributed by atoms with E-state index in [1.165, 1.54) is 11.1 Å². The maximum absolute atomic E-state index is 12.4. The second kappa shape index (κ2) is 5.71. The Labute approximate surface area is 131 Å². The van der Waals surface area contributed by atoms with Gasteiger partial charge in [-0.15, -0.1) is 0 Å². The molecule has 4 heteroatoms. The third-order valence-electron chi connectivity index (χ3n) is 4.01. The van der Waals surface area contributed by atoms with E-state index in [2.05, 4.69) is 22.9 Å². The van der Waals surface area contributed by atoms with Gasteiger partial charge in [-0.1, -0.05) is 48.0 Å². The van der Waals surface area contributed by atoms with Crippen molar-refractivity contribution in [3.05, 3.63) is 70.8 Å². The van der Waals surface area contributed by atoms with Crippen molar-refractivity contribution in [3.63, 3.8) is 0 Å². The van der Waals surface area contributed by atoms with Crippen LogP contribution in [0.15, 0.2) is 59.0 Å². The molecule has 22 heavy (non-hydrogen) atoms. The number of nitrogens with one attached hydrogen (secondary N) is 1. The lowest BCUT2D eigenvalue weighted by Gasteiger charge is -2.15. The van der Waals surface area contributed by atoms with Gasteiger partial charge >= 0.3 is 0 Å². The van der Waals surface area contributed by atoms with Crippen molar-refractivity contribution in [3.8, 4) is 0 Å². The number of benzene rings is 2. The van der Waals surface area contributed by atoms with Crippen LogP contribution in [-0.4, -0.2) is 14.5 Å². The molecule has 0 saturated carbocycles. The van der Waals surface area contributed by atoms with Gasteiger partial charge < -0.3 is 0 Å². The van der Waals surface area contributed by atoms with Crippen molar-refractivity contribution >= 4 is 16.1 Å². The Bertz CT molecular complexity index is 820. The molecule has 3 rings (SSSR count). The highest BCUT2D eigenvalue weighted by Gasteiger charge is 2.22. The molecule has 0 aliphatic heterocycles. The van der Waals surface area contributed by atoms with E-state index in [9.17, 15) is 8.42 Å². The van der Waals surface area contributed by atoms with Crippen molar-refractivity contribution < 1.29 is 8.42 Å². The molecule has 114 valence electrons. The van der Waals surface area contributed by atoms with Crippen LogP contribution in [0.25, 0.3) is 6.08 Å². The van der Waals surface area contributed by atoms with Gasteiger partial charge in [0.15, 0.2) is 0 Å². The van der Waals surface area contributed by atoms with Crippen molar-refractivity contribution in [2.45, 2.75) is 31.2 Å². The Morgan fingerprint density at radius 3 is 2.41 bits per heavy atom. The van der Waals surface area contributed by atoms with Crippen molar-refractivity contribution in [2.24, 2.45) is 0 Å². The average Bonchev–Trinajstić information content (AvgIpc) is 2.91. The van der Waals surface area contributed by atoms with Crippen molar-refractivity contribution in [2.75, 3.05) is 0 Å². The van der Waals surface area contributed by atoms with E-state index in [4.69, 9.17) is 0 Å². The molecule has 1 aliphatic carbocycles. The molecule has 0 spiro atoms. The van der Waals surface area contributed by atoms with E-state index >= 15 is 0 Å². The molecule has 1 unspecified atom stereocenters. The Morgan fingerprint density at radius 2 is 1.73 bits per heavy atom. The molecule has 3 nitrogen and oxygen atoms in total. The monoisotopic (exact) mass is 313 g/mol. The molecular weight excluding hydrogens is 294 g/mol. The van der Waals surface area contributed by atoms with Crippen LogP contribution in [0.2, 0.25) is 0 Å². The van der Waals surface area contributed by atoms with E-state index in [0.717, 1.165) is 17.6 Å². The lowest BCUT2D eigenvalue weighted by Crippen LogP contribution is -2.34. The smallest absolute Gasteiger partial charge is 0.207 e. The van der Waals surface area contributed by atoms with E-state index in [-0.39, 0.29) is 6.04 Å². The van der Waals surface area contributed by atoms with Gasteiger partial charge in [0.05, 0.1) is 4.90 Å². The molecule has 2 aromatic rings. The molecule has 0 fully saturated rings. The number of rotatable bonds is 4. The third-order valence-corrected chi connectivity index (χ3v) is 5.57. The Balaban J connectivity index is 1.78. The van der Waals surface area contributed by atoms with Gasteiger partial charge in [-0.05, 0) is 49.1 Å². The first-order chi connectivity index (χ1) is 10.5. The topological polar surface area (TPSA) is 46.2 Å². The normalized spacial score (nSPS) is 15.3. The van der Waals surface area contributed by atoms with Gasteiger partial charge in [-0.25, -0.2) is 13.1 Å². The highest BCUT2D eigenvalue weighted by molar-refractivity contribution is 7.89. The van der Waals surface area contributed by atoms with E-state index in [1.54, 1.807) is 12.1 Å². The molecule has 0 amide bonds. The van der Waals surface area contributed by atoms with Gasteiger partial charge in [0.1, 0.15) is 0 Å². The van der Waals surface area contributed by atoms with Crippen molar-refractivity contribution in [1.29, 1.82) is 0 Å². The van der Waals surface area contributed by atoms with Gasteiger partial charge in [-0.3, -0.25) is 0 Å². The Kier molecular flexibility index (Phi) is 3.89. The maximum Gasteiger partial charge on any atom is 0.241 e. The second-order valence-corrected chi connectivity index (χ2v) is 7.46. The lowest BCUT2D eigenvalue weighted by atomic mass is 10.1. The fourth-order valence-corrected chi connectivity index (χ4v) is 3.93. The number of hydrogen-bond acceptors (Lipinski definition) is 2. The zero-order valence-electron chi connectivity index (χ0n) is 12.7. The van der Waals surface area contributed by atoms with Crippen LogP contribution in [0.4, 0.5) is 0 Å². The number of hydrogen-bond donors (Lipinski definition) is 1. The summed E-state index contributed by atoms with van der Waals surface area (Å²) in [4.78, 5) is 0.307. The zero-order chi connectivity index (χ0) is 15.7. The molecule has 0 bridgehead atoms. The fraction of sp³-hybridized carbons (Fsp3) is 0.222. The highest BCUT2D eigenvalue weighted by atomic mass is 32.2. The summed E-state index contributed by atoms with van der Waals surface area (Å²) in [5, 5.41) is 0. The first-order valence-electron chi connectivity index (χ1n) is 7.33. The van der Waals surface area contributed by atoms with E-state index in [0.29, 0.717) is 4.90 Å². The number of sulfonamides is 1. The Hall–Kier alpha value is -1.91. The summed E-state index contributed by atoms with van der Waals surface area (Å²) in [5.74, 6) is 0. The predicted octanol–water partition coefficient (Wildman–Crippen LogP) is 3.30. The van der Waals surface area contributed by atoms with Gasteiger partial charge in [-0.2, -0.15) is 0 Å². The zero-order valence-corrected chi connectivity index (χ0v) is 13.5. The molecule has 1 atom stereocenters. The lowest BCUT2D eigenvalue weighted by molar-refractivity contribution is 0.572. The van der Waals surface area contributed by atoms with E-state index < -0.39 is 10.0 Å². The summed E-state index contributed by atoms with van der Waals surface area (Å²) in [6, 6.07) is 14.8. The minimum atomic E-state index is -3.49. The molecule has 2 aromatic carbocycles. The minimum absolute atomic E-state index is 0.223. The SMILES string of the molecule is Cc1ccc(S(=O)(=O)NC(C)C2=Cc3ccccc3C2)cc1. The van der Waals surface area contributed by atoms with Gasteiger partial charge in [0, 0.05) is 6.04 Å². The molecule has 1 N–H and O–H groups in total. The summed E-state index contributed by atoms with van der Waals surface area (Å²) in [6.45, 7) is 3.83. The van der Waals surface area contributed by atoms with Crippen LogP contribution in [0.3, 0.4) is 0 Å². The van der Waals surface area contributed by atoms with Crippen LogP contribution < -0.4 is 4.72 Å². The summed E-state index contributed by atoms with van der Waals surface area (Å²) in [5.41, 5.74) is 4.57. The van der Waals surface area contributed by atoms with Crippen LogP contribution in [0.5, 0.6) is 0 Å². The van der Waals surface area contributed by atoms with Crippen LogP contribution in [0, 0.1) is 6.92 Å². The molecule has 0 aromatic heterocycles. The molecule has 0 radical (unpaired) electrons. The standard InChI is InChI=1S/C18H19NO2S/c1-13-7-9-18(10-8-13)22(20,21)19-14(2)17-11-15-5-3-4-6-16(15)12-17/h3-11,14,19H,12H2,1-2H3. The largest absolute Gasteiger partial charge is 0.241 e. The second-order valence-electron chi connectivity index (χ2n) is 5.75. The quantitative estimate of drug-likeness (QED) is 0.941. The molecule has 0 heterocycles. The van der Waals surface area contributed by atoms with Crippen LogP contribution >= 0.6 is 0 Å². The number of fused-ring (bicyclic) bond motifs is 1.